The van der Waals surface area contributed by atoms with Crippen molar-refractivity contribution in [2.75, 3.05) is 19.6 Å². The molecule has 0 radical (unpaired) electrons. The van der Waals surface area contributed by atoms with Crippen LogP contribution in [-0.2, 0) is 5.54 Å². The maximum absolute atomic E-state index is 4.64. The van der Waals surface area contributed by atoms with E-state index in [-0.39, 0.29) is 5.54 Å². The van der Waals surface area contributed by atoms with Gasteiger partial charge in [0.2, 0.25) is 0 Å². The van der Waals surface area contributed by atoms with Crippen molar-refractivity contribution in [3.05, 3.63) is 16.6 Å². The average molecular weight is 265 g/mol. The summed E-state index contributed by atoms with van der Waals surface area (Å²) in [6, 6.07) is 0.670. The molecular formula is C14H23N3S. The van der Waals surface area contributed by atoms with Crippen molar-refractivity contribution in [3.8, 4) is 0 Å². The SMILES string of the molecule is CCCNC1(c2nccs2)CCN2CCCCC21. The van der Waals surface area contributed by atoms with Crippen molar-refractivity contribution in [1.82, 2.24) is 15.2 Å². The minimum atomic E-state index is 0.143. The minimum Gasteiger partial charge on any atom is -0.304 e. The Morgan fingerprint density at radius 3 is 3.22 bits per heavy atom. The van der Waals surface area contributed by atoms with Crippen LogP contribution in [0.2, 0.25) is 0 Å². The lowest BCUT2D eigenvalue weighted by molar-refractivity contribution is 0.136. The van der Waals surface area contributed by atoms with Crippen LogP contribution in [0.15, 0.2) is 11.6 Å². The zero-order chi connectivity index (χ0) is 12.4. The van der Waals surface area contributed by atoms with Crippen molar-refractivity contribution in [1.29, 1.82) is 0 Å². The molecule has 2 atom stereocenters. The number of hydrogen-bond donors (Lipinski definition) is 1. The average Bonchev–Trinajstić information content (AvgIpc) is 3.05. The molecule has 1 aromatic rings. The molecule has 4 heteroatoms. The fraction of sp³-hybridized carbons (Fsp3) is 0.786. The molecule has 18 heavy (non-hydrogen) atoms. The van der Waals surface area contributed by atoms with Crippen molar-refractivity contribution in [3.63, 3.8) is 0 Å². The van der Waals surface area contributed by atoms with Crippen LogP contribution in [0.4, 0.5) is 0 Å². The summed E-state index contributed by atoms with van der Waals surface area (Å²) in [6.07, 6.45) is 8.46. The maximum Gasteiger partial charge on any atom is 0.114 e. The third-order valence-electron chi connectivity index (χ3n) is 4.48. The second-order valence-corrected chi connectivity index (χ2v) is 6.43. The number of aromatic nitrogens is 1. The van der Waals surface area contributed by atoms with E-state index in [2.05, 4.69) is 27.5 Å². The Hall–Kier alpha value is -0.450. The fourth-order valence-electron chi connectivity index (χ4n) is 3.63. The molecule has 100 valence electrons. The molecule has 3 rings (SSSR count). The van der Waals surface area contributed by atoms with Crippen LogP contribution < -0.4 is 5.32 Å². The van der Waals surface area contributed by atoms with Gasteiger partial charge in [-0.1, -0.05) is 13.3 Å². The molecule has 2 aliphatic rings. The molecule has 2 fully saturated rings. The van der Waals surface area contributed by atoms with Gasteiger partial charge in [-0.15, -0.1) is 11.3 Å². The van der Waals surface area contributed by atoms with Gasteiger partial charge < -0.3 is 5.32 Å². The first kappa shape index (κ1) is 12.6. The molecule has 0 amide bonds. The molecule has 0 bridgehead atoms. The molecule has 2 aliphatic heterocycles. The predicted molar refractivity (Wildman–Crippen MR) is 75.9 cm³/mol. The fourth-order valence-corrected chi connectivity index (χ4v) is 4.52. The number of nitrogens with one attached hydrogen (secondary N) is 1. The minimum absolute atomic E-state index is 0.143. The summed E-state index contributed by atoms with van der Waals surface area (Å²) in [5.74, 6) is 0. The van der Waals surface area contributed by atoms with Gasteiger partial charge in [0.1, 0.15) is 5.01 Å². The molecule has 0 aromatic carbocycles. The first-order valence-corrected chi connectivity index (χ1v) is 8.14. The van der Waals surface area contributed by atoms with Crippen LogP contribution in [0.5, 0.6) is 0 Å². The zero-order valence-electron chi connectivity index (χ0n) is 11.2. The van der Waals surface area contributed by atoms with Crippen LogP contribution in [0, 0.1) is 0 Å². The van der Waals surface area contributed by atoms with E-state index in [4.69, 9.17) is 0 Å². The van der Waals surface area contributed by atoms with Gasteiger partial charge in [-0.2, -0.15) is 0 Å². The van der Waals surface area contributed by atoms with Crippen LogP contribution in [0.3, 0.4) is 0 Å². The summed E-state index contributed by atoms with van der Waals surface area (Å²) < 4.78 is 0. The topological polar surface area (TPSA) is 28.2 Å². The van der Waals surface area contributed by atoms with Gasteiger partial charge in [0.25, 0.3) is 0 Å². The highest BCUT2D eigenvalue weighted by molar-refractivity contribution is 7.09. The zero-order valence-corrected chi connectivity index (χ0v) is 12.0. The molecule has 1 aromatic heterocycles. The number of piperidine rings is 1. The van der Waals surface area contributed by atoms with Gasteiger partial charge in [0.15, 0.2) is 0 Å². The number of thiazole rings is 1. The second-order valence-electron chi connectivity index (χ2n) is 5.53. The normalized spacial score (nSPS) is 32.6. The van der Waals surface area contributed by atoms with E-state index < -0.39 is 0 Å². The summed E-state index contributed by atoms with van der Waals surface area (Å²) in [4.78, 5) is 7.33. The molecular weight excluding hydrogens is 242 g/mol. The summed E-state index contributed by atoms with van der Waals surface area (Å²) in [7, 11) is 0. The highest BCUT2D eigenvalue weighted by atomic mass is 32.1. The molecule has 0 spiro atoms. The largest absolute Gasteiger partial charge is 0.304 e. The quantitative estimate of drug-likeness (QED) is 0.907. The highest BCUT2D eigenvalue weighted by Crippen LogP contribution is 2.42. The maximum atomic E-state index is 4.64. The number of rotatable bonds is 4. The van der Waals surface area contributed by atoms with Gasteiger partial charge in [0.05, 0.1) is 5.54 Å². The Balaban J connectivity index is 1.90. The van der Waals surface area contributed by atoms with Crippen LogP contribution in [-0.4, -0.2) is 35.6 Å². The van der Waals surface area contributed by atoms with Crippen molar-refractivity contribution < 1.29 is 0 Å². The molecule has 0 saturated carbocycles. The van der Waals surface area contributed by atoms with Gasteiger partial charge >= 0.3 is 0 Å². The van der Waals surface area contributed by atoms with Crippen molar-refractivity contribution in [2.45, 2.75) is 50.6 Å². The Morgan fingerprint density at radius 2 is 2.44 bits per heavy atom. The highest BCUT2D eigenvalue weighted by Gasteiger charge is 2.50. The van der Waals surface area contributed by atoms with Crippen molar-refractivity contribution in [2.24, 2.45) is 0 Å². The van der Waals surface area contributed by atoms with E-state index in [1.807, 2.05) is 17.5 Å². The Morgan fingerprint density at radius 1 is 1.50 bits per heavy atom. The Labute approximate surface area is 114 Å². The molecule has 1 N–H and O–H groups in total. The van der Waals surface area contributed by atoms with Gasteiger partial charge in [-0.25, -0.2) is 4.98 Å². The smallest absolute Gasteiger partial charge is 0.114 e. The Kier molecular flexibility index (Phi) is 3.68. The van der Waals surface area contributed by atoms with E-state index in [9.17, 15) is 0 Å². The summed E-state index contributed by atoms with van der Waals surface area (Å²) in [5, 5.41) is 7.28. The van der Waals surface area contributed by atoms with Crippen LogP contribution in [0.25, 0.3) is 0 Å². The van der Waals surface area contributed by atoms with E-state index in [1.165, 1.54) is 50.2 Å². The molecule has 3 heterocycles. The van der Waals surface area contributed by atoms with Crippen LogP contribution >= 0.6 is 11.3 Å². The molecule has 0 aliphatic carbocycles. The standard InChI is InChI=1S/C14H23N3S/c1-2-7-16-14(13-15-8-11-18-13)6-10-17-9-4-3-5-12(14)17/h8,11-12,16H,2-7,9-10H2,1H3. The molecule has 2 saturated heterocycles. The first-order valence-electron chi connectivity index (χ1n) is 7.26. The monoisotopic (exact) mass is 265 g/mol. The third-order valence-corrected chi connectivity index (χ3v) is 5.43. The van der Waals surface area contributed by atoms with Gasteiger partial charge in [-0.05, 0) is 38.8 Å². The molecule has 3 nitrogen and oxygen atoms in total. The number of hydrogen-bond acceptors (Lipinski definition) is 4. The lowest BCUT2D eigenvalue weighted by Gasteiger charge is -2.40. The van der Waals surface area contributed by atoms with E-state index >= 15 is 0 Å². The number of nitrogens with zero attached hydrogens (tertiary/aromatic N) is 2. The summed E-state index contributed by atoms with van der Waals surface area (Å²) in [5.41, 5.74) is 0.143. The Bertz CT molecular complexity index is 378. The van der Waals surface area contributed by atoms with E-state index in [1.54, 1.807) is 0 Å². The second kappa shape index (κ2) is 5.27. The number of fused-ring (bicyclic) bond motifs is 1. The predicted octanol–water partition coefficient (Wildman–Crippen LogP) is 2.60. The lowest BCUT2D eigenvalue weighted by atomic mass is 9.85. The first-order chi connectivity index (χ1) is 8.87. The van der Waals surface area contributed by atoms with Crippen molar-refractivity contribution >= 4 is 11.3 Å². The summed E-state index contributed by atoms with van der Waals surface area (Å²) >= 11 is 1.82. The van der Waals surface area contributed by atoms with E-state index in [0.717, 1.165) is 6.54 Å². The lowest BCUT2D eigenvalue weighted by Crippen LogP contribution is -2.53. The molecule has 2 unspecified atom stereocenters. The van der Waals surface area contributed by atoms with Crippen LogP contribution in [0.1, 0.15) is 44.0 Å². The van der Waals surface area contributed by atoms with Gasteiger partial charge in [-0.3, -0.25) is 4.90 Å². The summed E-state index contributed by atoms with van der Waals surface area (Å²) in [6.45, 7) is 5.87. The van der Waals surface area contributed by atoms with E-state index in [0.29, 0.717) is 6.04 Å². The van der Waals surface area contributed by atoms with Gasteiger partial charge in [0, 0.05) is 24.2 Å². The third kappa shape index (κ3) is 2.00.